The molecule has 7 aromatic carbocycles. The largest absolute Gasteiger partial charge is 0.455 e. The van der Waals surface area contributed by atoms with Gasteiger partial charge in [0.2, 0.25) is 0 Å². The molecule has 0 N–H and O–H groups in total. The Bertz CT molecular complexity index is 2880. The Hall–Kier alpha value is -6.00. The summed E-state index contributed by atoms with van der Waals surface area (Å²) in [6.07, 6.45) is 0. The highest BCUT2D eigenvalue weighted by molar-refractivity contribution is 7.00. The summed E-state index contributed by atoms with van der Waals surface area (Å²) in [7, 11) is 0. The van der Waals surface area contributed by atoms with E-state index in [2.05, 4.69) is 205 Å². The van der Waals surface area contributed by atoms with Gasteiger partial charge in [-0.25, -0.2) is 0 Å². The number of anilines is 6. The minimum atomic E-state index is 0.0785. The molecule has 0 saturated carbocycles. The van der Waals surface area contributed by atoms with Crippen molar-refractivity contribution in [1.82, 2.24) is 0 Å². The van der Waals surface area contributed by atoms with Gasteiger partial charge in [0.25, 0.3) is 6.71 Å². The lowest BCUT2D eigenvalue weighted by molar-refractivity contribution is 0.670. The standard InChI is InChI=1S/C54H51BN2O/c1-32(2)36-19-23-39(24-20-36)56-48-27-21-37(33(3)4)29-46(48)55-47-30-38(34(5)6)22-28-49(47)57(51-17-12-16-50(56)53(51)55)40-25-26-41(35(7)8)45(31-40)44-15-11-14-43-42-13-9-10-18-52(42)58-54(43)44/h9-35H,1-8H3. The van der Waals surface area contributed by atoms with Crippen LogP contribution in [0.2, 0.25) is 0 Å². The van der Waals surface area contributed by atoms with Gasteiger partial charge in [0.1, 0.15) is 11.2 Å². The van der Waals surface area contributed by atoms with E-state index in [1.165, 1.54) is 72.6 Å². The maximum atomic E-state index is 6.67. The van der Waals surface area contributed by atoms with E-state index in [4.69, 9.17) is 4.42 Å². The second kappa shape index (κ2) is 13.8. The van der Waals surface area contributed by atoms with Crippen molar-refractivity contribution in [2.75, 3.05) is 9.80 Å². The quantitative estimate of drug-likeness (QED) is 0.151. The molecule has 58 heavy (non-hydrogen) atoms. The molecule has 286 valence electrons. The molecular formula is C54H51BN2O. The Morgan fingerprint density at radius 3 is 1.60 bits per heavy atom. The smallest absolute Gasteiger partial charge is 0.252 e. The lowest BCUT2D eigenvalue weighted by Crippen LogP contribution is -2.61. The lowest BCUT2D eigenvalue weighted by Gasteiger charge is -2.44. The third-order valence-corrected chi connectivity index (χ3v) is 12.8. The molecule has 10 rings (SSSR count). The van der Waals surface area contributed by atoms with Crippen LogP contribution in [0.25, 0.3) is 33.1 Å². The molecule has 0 bridgehead atoms. The first-order valence-corrected chi connectivity index (χ1v) is 21.2. The molecule has 0 fully saturated rings. The Labute approximate surface area is 344 Å². The van der Waals surface area contributed by atoms with Crippen LogP contribution in [-0.4, -0.2) is 6.71 Å². The van der Waals surface area contributed by atoms with Gasteiger partial charge < -0.3 is 14.2 Å². The summed E-state index contributed by atoms with van der Waals surface area (Å²) < 4.78 is 6.67. The summed E-state index contributed by atoms with van der Waals surface area (Å²) in [6, 6.07) is 52.8. The summed E-state index contributed by atoms with van der Waals surface area (Å²) in [6.45, 7) is 18.4. The van der Waals surface area contributed by atoms with Crippen LogP contribution in [0, 0.1) is 0 Å². The molecule has 0 amide bonds. The van der Waals surface area contributed by atoms with Crippen LogP contribution < -0.4 is 26.2 Å². The van der Waals surface area contributed by atoms with Crippen LogP contribution >= 0.6 is 0 Å². The number of hydrogen-bond donors (Lipinski definition) is 0. The molecule has 0 saturated heterocycles. The van der Waals surface area contributed by atoms with Crippen molar-refractivity contribution < 1.29 is 4.42 Å². The highest BCUT2D eigenvalue weighted by Gasteiger charge is 2.43. The molecule has 4 heteroatoms. The Kier molecular flexibility index (Phi) is 8.67. The topological polar surface area (TPSA) is 19.6 Å². The predicted molar refractivity (Wildman–Crippen MR) is 250 cm³/mol. The minimum absolute atomic E-state index is 0.0785. The Morgan fingerprint density at radius 2 is 0.983 bits per heavy atom. The lowest BCUT2D eigenvalue weighted by atomic mass is 9.33. The number of nitrogens with zero attached hydrogens (tertiary/aromatic N) is 2. The molecule has 3 nitrogen and oxygen atoms in total. The van der Waals surface area contributed by atoms with Crippen molar-refractivity contribution >= 4 is 79.2 Å². The van der Waals surface area contributed by atoms with Gasteiger partial charge in [-0.3, -0.25) is 0 Å². The van der Waals surface area contributed by atoms with E-state index in [9.17, 15) is 0 Å². The minimum Gasteiger partial charge on any atom is -0.455 e. The fourth-order valence-electron chi connectivity index (χ4n) is 9.64. The Morgan fingerprint density at radius 1 is 0.431 bits per heavy atom. The van der Waals surface area contributed by atoms with E-state index < -0.39 is 0 Å². The van der Waals surface area contributed by atoms with Crippen LogP contribution in [0.4, 0.5) is 34.1 Å². The molecule has 1 aromatic heterocycles. The van der Waals surface area contributed by atoms with Gasteiger partial charge in [0.05, 0.1) is 0 Å². The average molecular weight is 755 g/mol. The first kappa shape index (κ1) is 36.4. The van der Waals surface area contributed by atoms with E-state index in [1.54, 1.807) is 0 Å². The van der Waals surface area contributed by atoms with E-state index in [1.807, 2.05) is 0 Å². The second-order valence-corrected chi connectivity index (χ2v) is 17.7. The number of fused-ring (bicyclic) bond motifs is 7. The van der Waals surface area contributed by atoms with Crippen molar-refractivity contribution in [3.8, 4) is 11.1 Å². The summed E-state index contributed by atoms with van der Waals surface area (Å²) >= 11 is 0. The van der Waals surface area contributed by atoms with Crippen LogP contribution in [0.3, 0.4) is 0 Å². The normalized spacial score (nSPS) is 13.3. The summed E-state index contributed by atoms with van der Waals surface area (Å²) in [4.78, 5) is 5.06. The summed E-state index contributed by atoms with van der Waals surface area (Å²) in [5.74, 6) is 1.60. The van der Waals surface area contributed by atoms with Gasteiger partial charge in [-0.2, -0.15) is 0 Å². The molecule has 0 spiro atoms. The highest BCUT2D eigenvalue weighted by atomic mass is 16.3. The number of hydrogen-bond acceptors (Lipinski definition) is 3. The van der Waals surface area contributed by atoms with E-state index >= 15 is 0 Å². The number of furan rings is 1. The van der Waals surface area contributed by atoms with Crippen LogP contribution in [0.1, 0.15) is 101 Å². The number of benzene rings is 7. The van der Waals surface area contributed by atoms with Crippen molar-refractivity contribution in [1.29, 1.82) is 0 Å². The number of rotatable bonds is 7. The van der Waals surface area contributed by atoms with E-state index in [0.717, 1.165) is 33.2 Å². The van der Waals surface area contributed by atoms with Crippen LogP contribution in [0.5, 0.6) is 0 Å². The summed E-state index contributed by atoms with van der Waals surface area (Å²) in [5.41, 5.74) is 21.0. The SMILES string of the molecule is CC(C)c1ccc(N2c3ccc(C(C)C)cc3B3c4cc(C(C)C)ccc4N(c4ccc(C(C)C)c(-c5cccc6c5oc5ccccc56)c4)c4cccc2c43)cc1. The zero-order valence-corrected chi connectivity index (χ0v) is 35.0. The molecule has 8 aromatic rings. The first-order valence-electron chi connectivity index (χ1n) is 21.2. The van der Waals surface area contributed by atoms with Gasteiger partial charge in [0.15, 0.2) is 0 Å². The second-order valence-electron chi connectivity index (χ2n) is 17.7. The van der Waals surface area contributed by atoms with Crippen LogP contribution in [-0.2, 0) is 0 Å². The fourth-order valence-corrected chi connectivity index (χ4v) is 9.64. The predicted octanol–water partition coefficient (Wildman–Crippen LogP) is 13.8. The molecule has 0 atom stereocenters. The third-order valence-electron chi connectivity index (χ3n) is 12.8. The molecule has 0 radical (unpaired) electrons. The van der Waals surface area contributed by atoms with Crippen LogP contribution in [0.15, 0.2) is 144 Å². The third kappa shape index (κ3) is 5.63. The molecule has 0 unspecified atom stereocenters. The van der Waals surface area contributed by atoms with Crippen molar-refractivity contribution in [2.45, 2.75) is 79.1 Å². The monoisotopic (exact) mass is 754 g/mol. The molecule has 2 aliphatic heterocycles. The van der Waals surface area contributed by atoms with Gasteiger partial charge in [-0.15, -0.1) is 0 Å². The first-order chi connectivity index (χ1) is 28.1. The van der Waals surface area contributed by atoms with Gasteiger partial charge in [-0.05, 0) is 122 Å². The van der Waals surface area contributed by atoms with E-state index in [-0.39, 0.29) is 6.71 Å². The zero-order valence-electron chi connectivity index (χ0n) is 35.0. The molecule has 3 heterocycles. The Balaban J connectivity index is 1.25. The fraction of sp³-hybridized carbons (Fsp3) is 0.222. The van der Waals surface area contributed by atoms with Crippen molar-refractivity contribution in [3.05, 3.63) is 162 Å². The molecule has 0 aliphatic carbocycles. The van der Waals surface area contributed by atoms with Gasteiger partial charge in [0, 0.05) is 50.5 Å². The number of para-hydroxylation sites is 2. The van der Waals surface area contributed by atoms with Crippen molar-refractivity contribution in [2.24, 2.45) is 0 Å². The van der Waals surface area contributed by atoms with Crippen molar-refractivity contribution in [3.63, 3.8) is 0 Å². The maximum Gasteiger partial charge on any atom is 0.252 e. The van der Waals surface area contributed by atoms with E-state index in [0.29, 0.717) is 23.7 Å². The highest BCUT2D eigenvalue weighted by Crippen LogP contribution is 2.47. The zero-order chi connectivity index (χ0) is 40.0. The van der Waals surface area contributed by atoms with Gasteiger partial charge in [-0.1, -0.05) is 140 Å². The summed E-state index contributed by atoms with van der Waals surface area (Å²) in [5, 5.41) is 2.30. The van der Waals surface area contributed by atoms with Gasteiger partial charge >= 0.3 is 0 Å². The molecule has 2 aliphatic rings. The maximum absolute atomic E-state index is 6.67. The average Bonchev–Trinajstić information content (AvgIpc) is 3.62. The molecular weight excluding hydrogens is 703 g/mol.